The first kappa shape index (κ1) is 14.5. The molecule has 0 spiro atoms. The molecule has 0 aromatic heterocycles. The number of hydrogen-bond acceptors (Lipinski definition) is 3. The molecular formula is C15H23N3. The monoisotopic (exact) mass is 245 g/mol. The summed E-state index contributed by atoms with van der Waals surface area (Å²) < 4.78 is 0. The Hall–Kier alpha value is -1.53. The van der Waals surface area contributed by atoms with Crippen molar-refractivity contribution in [2.24, 2.45) is 0 Å². The highest BCUT2D eigenvalue weighted by atomic mass is 15.1. The molecular weight excluding hydrogens is 222 g/mol. The SMILES string of the molecule is CN(CCCNC(C)(C)C)c1ccccc1C#N. The molecule has 0 atom stereocenters. The van der Waals surface area contributed by atoms with Crippen molar-refractivity contribution in [1.29, 1.82) is 5.26 Å². The molecule has 0 aliphatic carbocycles. The minimum absolute atomic E-state index is 0.170. The van der Waals surface area contributed by atoms with Crippen LogP contribution < -0.4 is 10.2 Å². The summed E-state index contributed by atoms with van der Waals surface area (Å²) in [4.78, 5) is 2.14. The first-order chi connectivity index (χ1) is 8.44. The second-order valence-electron chi connectivity index (χ2n) is 5.58. The van der Waals surface area contributed by atoms with Gasteiger partial charge in [0.1, 0.15) is 6.07 Å². The summed E-state index contributed by atoms with van der Waals surface area (Å²) in [5.41, 5.74) is 1.92. The fourth-order valence-electron chi connectivity index (χ4n) is 1.80. The van der Waals surface area contributed by atoms with Crippen LogP contribution >= 0.6 is 0 Å². The van der Waals surface area contributed by atoms with E-state index in [9.17, 15) is 0 Å². The normalized spacial score (nSPS) is 11.1. The van der Waals surface area contributed by atoms with Crippen LogP contribution in [0.5, 0.6) is 0 Å². The average Bonchev–Trinajstić information content (AvgIpc) is 2.33. The van der Waals surface area contributed by atoms with Gasteiger partial charge in [0.05, 0.1) is 11.3 Å². The van der Waals surface area contributed by atoms with Gasteiger partial charge in [0.2, 0.25) is 0 Å². The molecule has 0 aliphatic heterocycles. The van der Waals surface area contributed by atoms with E-state index in [0.717, 1.165) is 30.8 Å². The van der Waals surface area contributed by atoms with Gasteiger partial charge in [-0.2, -0.15) is 5.26 Å². The Bertz CT molecular complexity index is 412. The Balaban J connectivity index is 2.46. The molecule has 0 fully saturated rings. The van der Waals surface area contributed by atoms with Gasteiger partial charge in [-0.1, -0.05) is 12.1 Å². The zero-order valence-corrected chi connectivity index (χ0v) is 11.8. The molecule has 0 amide bonds. The fourth-order valence-corrected chi connectivity index (χ4v) is 1.80. The number of para-hydroxylation sites is 1. The van der Waals surface area contributed by atoms with E-state index in [1.165, 1.54) is 0 Å². The summed E-state index contributed by atoms with van der Waals surface area (Å²) in [6.45, 7) is 8.44. The molecule has 0 radical (unpaired) electrons. The van der Waals surface area contributed by atoms with Crippen LogP contribution in [0.2, 0.25) is 0 Å². The third-order valence-electron chi connectivity index (χ3n) is 2.76. The van der Waals surface area contributed by atoms with Crippen molar-refractivity contribution in [3.8, 4) is 6.07 Å². The number of benzene rings is 1. The van der Waals surface area contributed by atoms with E-state index in [1.807, 2.05) is 31.3 Å². The highest BCUT2D eigenvalue weighted by Gasteiger charge is 2.09. The van der Waals surface area contributed by atoms with Crippen LogP contribution in [-0.2, 0) is 0 Å². The number of rotatable bonds is 5. The van der Waals surface area contributed by atoms with Crippen LogP contribution in [0.25, 0.3) is 0 Å². The van der Waals surface area contributed by atoms with E-state index in [4.69, 9.17) is 5.26 Å². The number of hydrogen-bond donors (Lipinski definition) is 1. The number of nitrogens with zero attached hydrogens (tertiary/aromatic N) is 2. The smallest absolute Gasteiger partial charge is 0.101 e. The standard InChI is InChI=1S/C15H23N3/c1-15(2,3)17-10-7-11-18(4)14-9-6-5-8-13(14)12-16/h5-6,8-9,17H,7,10-11H2,1-4H3. The van der Waals surface area contributed by atoms with Crippen molar-refractivity contribution in [2.45, 2.75) is 32.7 Å². The predicted molar refractivity (Wildman–Crippen MR) is 76.8 cm³/mol. The molecule has 1 aromatic carbocycles. The first-order valence-corrected chi connectivity index (χ1v) is 6.39. The summed E-state index contributed by atoms with van der Waals surface area (Å²) in [6, 6.07) is 9.96. The van der Waals surface area contributed by atoms with Crippen LogP contribution in [0.1, 0.15) is 32.8 Å². The van der Waals surface area contributed by atoms with Crippen LogP contribution in [-0.4, -0.2) is 25.7 Å². The molecule has 0 saturated heterocycles. The van der Waals surface area contributed by atoms with Crippen LogP contribution in [0, 0.1) is 11.3 Å². The molecule has 98 valence electrons. The minimum Gasteiger partial charge on any atom is -0.373 e. The molecule has 0 unspecified atom stereocenters. The number of nitrogens with one attached hydrogen (secondary N) is 1. The number of anilines is 1. The molecule has 1 N–H and O–H groups in total. The lowest BCUT2D eigenvalue weighted by atomic mass is 10.1. The lowest BCUT2D eigenvalue weighted by Gasteiger charge is -2.23. The van der Waals surface area contributed by atoms with Crippen LogP contribution in [0.15, 0.2) is 24.3 Å². The van der Waals surface area contributed by atoms with Gasteiger partial charge in [0, 0.05) is 19.1 Å². The van der Waals surface area contributed by atoms with Gasteiger partial charge in [-0.05, 0) is 45.9 Å². The maximum Gasteiger partial charge on any atom is 0.101 e. The van der Waals surface area contributed by atoms with Crippen molar-refractivity contribution in [1.82, 2.24) is 5.32 Å². The van der Waals surface area contributed by atoms with Crippen molar-refractivity contribution < 1.29 is 0 Å². The molecule has 0 bridgehead atoms. The van der Waals surface area contributed by atoms with Gasteiger partial charge in [0.15, 0.2) is 0 Å². The van der Waals surface area contributed by atoms with E-state index in [0.29, 0.717) is 0 Å². The second kappa shape index (κ2) is 6.42. The Morgan fingerprint density at radius 2 is 1.94 bits per heavy atom. The third-order valence-corrected chi connectivity index (χ3v) is 2.76. The van der Waals surface area contributed by atoms with E-state index in [-0.39, 0.29) is 5.54 Å². The topological polar surface area (TPSA) is 39.1 Å². The first-order valence-electron chi connectivity index (χ1n) is 6.39. The van der Waals surface area contributed by atoms with Crippen molar-refractivity contribution >= 4 is 5.69 Å². The summed E-state index contributed by atoms with van der Waals surface area (Å²) in [5.74, 6) is 0. The minimum atomic E-state index is 0.170. The predicted octanol–water partition coefficient (Wildman–Crippen LogP) is 2.77. The maximum atomic E-state index is 9.06. The molecule has 1 rings (SSSR count). The van der Waals surface area contributed by atoms with Gasteiger partial charge in [-0.15, -0.1) is 0 Å². The molecule has 0 aliphatic rings. The molecule has 0 saturated carbocycles. The zero-order chi connectivity index (χ0) is 13.6. The van der Waals surface area contributed by atoms with E-state index in [1.54, 1.807) is 0 Å². The largest absolute Gasteiger partial charge is 0.373 e. The third kappa shape index (κ3) is 4.77. The summed E-state index contributed by atoms with van der Waals surface area (Å²) in [6.07, 6.45) is 1.06. The number of nitriles is 1. The highest BCUT2D eigenvalue weighted by molar-refractivity contribution is 5.58. The average molecular weight is 245 g/mol. The summed E-state index contributed by atoms with van der Waals surface area (Å²) >= 11 is 0. The van der Waals surface area contributed by atoms with Gasteiger partial charge >= 0.3 is 0 Å². The molecule has 3 nitrogen and oxygen atoms in total. The van der Waals surface area contributed by atoms with E-state index >= 15 is 0 Å². The van der Waals surface area contributed by atoms with Crippen molar-refractivity contribution in [3.63, 3.8) is 0 Å². The molecule has 1 aromatic rings. The van der Waals surface area contributed by atoms with Crippen LogP contribution in [0.4, 0.5) is 5.69 Å². The van der Waals surface area contributed by atoms with Gasteiger partial charge in [-0.25, -0.2) is 0 Å². The summed E-state index contributed by atoms with van der Waals surface area (Å²) in [5, 5.41) is 12.5. The molecule has 18 heavy (non-hydrogen) atoms. The fraction of sp³-hybridized carbons (Fsp3) is 0.533. The molecule has 0 heterocycles. The van der Waals surface area contributed by atoms with Crippen LogP contribution in [0.3, 0.4) is 0 Å². The van der Waals surface area contributed by atoms with Gasteiger partial charge < -0.3 is 10.2 Å². The Labute approximate surface area is 110 Å². The Morgan fingerprint density at radius 1 is 1.28 bits per heavy atom. The zero-order valence-electron chi connectivity index (χ0n) is 11.8. The summed E-state index contributed by atoms with van der Waals surface area (Å²) in [7, 11) is 2.03. The lowest BCUT2D eigenvalue weighted by molar-refractivity contribution is 0.423. The Morgan fingerprint density at radius 3 is 2.56 bits per heavy atom. The lowest BCUT2D eigenvalue weighted by Crippen LogP contribution is -2.37. The van der Waals surface area contributed by atoms with E-state index < -0.39 is 0 Å². The highest BCUT2D eigenvalue weighted by Crippen LogP contribution is 2.17. The van der Waals surface area contributed by atoms with Crippen molar-refractivity contribution in [3.05, 3.63) is 29.8 Å². The second-order valence-corrected chi connectivity index (χ2v) is 5.58. The quantitative estimate of drug-likeness (QED) is 0.811. The van der Waals surface area contributed by atoms with Gasteiger partial charge in [-0.3, -0.25) is 0 Å². The Kier molecular flexibility index (Phi) is 5.18. The van der Waals surface area contributed by atoms with E-state index in [2.05, 4.69) is 37.1 Å². The van der Waals surface area contributed by atoms with Crippen molar-refractivity contribution in [2.75, 3.05) is 25.0 Å². The molecule has 3 heteroatoms. The van der Waals surface area contributed by atoms with Gasteiger partial charge in [0.25, 0.3) is 0 Å². The maximum absolute atomic E-state index is 9.06.